The summed E-state index contributed by atoms with van der Waals surface area (Å²) in [5.41, 5.74) is 2.70. The highest BCUT2D eigenvalue weighted by molar-refractivity contribution is 5.96. The monoisotopic (exact) mass is 356 g/mol. The summed E-state index contributed by atoms with van der Waals surface area (Å²) in [6, 6.07) is 3.60. The van der Waals surface area contributed by atoms with Crippen molar-refractivity contribution < 1.29 is 23.5 Å². The molecular formula is C19H18NO6-. The van der Waals surface area contributed by atoms with Crippen molar-refractivity contribution in [2.24, 2.45) is 0 Å². The zero-order valence-electron chi connectivity index (χ0n) is 14.8. The summed E-state index contributed by atoms with van der Waals surface area (Å²) in [4.78, 5) is 36.0. The van der Waals surface area contributed by atoms with Crippen LogP contribution in [-0.4, -0.2) is 30.4 Å². The van der Waals surface area contributed by atoms with Gasteiger partial charge in [-0.1, -0.05) is 0 Å². The van der Waals surface area contributed by atoms with Crippen molar-refractivity contribution in [3.8, 4) is 0 Å². The predicted molar refractivity (Wildman–Crippen MR) is 92.7 cm³/mol. The van der Waals surface area contributed by atoms with E-state index in [-0.39, 0.29) is 18.7 Å². The molecule has 0 aliphatic rings. The van der Waals surface area contributed by atoms with E-state index in [0.29, 0.717) is 16.7 Å². The van der Waals surface area contributed by atoms with E-state index in [4.69, 9.17) is 8.83 Å². The lowest BCUT2D eigenvalue weighted by Gasteiger charge is -2.17. The number of hydrogen-bond acceptors (Lipinski definition) is 6. The van der Waals surface area contributed by atoms with Gasteiger partial charge in [0.2, 0.25) is 5.91 Å². The second-order valence-electron chi connectivity index (χ2n) is 6.38. The number of hydrogen-bond donors (Lipinski definition) is 0. The third-order valence-corrected chi connectivity index (χ3v) is 4.56. The molecular weight excluding hydrogens is 338 g/mol. The SMILES string of the molecule is Cc1coc2cc3oc(=O)c(CCC(=O)N(C)CC(=O)[O-])c(C)c3cc12. The fourth-order valence-electron chi connectivity index (χ4n) is 3.03. The Kier molecular flexibility index (Phi) is 4.54. The number of carboxylic acids is 1. The standard InChI is InChI=1S/C19H19NO6/c1-10-9-25-15-7-16-14(6-13(10)15)11(2)12(19(24)26-16)4-5-17(21)20(3)8-18(22)23/h6-7,9H,4-5,8H2,1-3H3,(H,22,23)/p-1. The quantitative estimate of drug-likeness (QED) is 0.638. The van der Waals surface area contributed by atoms with Gasteiger partial charge >= 0.3 is 5.63 Å². The number of aryl methyl sites for hydroxylation is 2. The first-order chi connectivity index (χ1) is 12.3. The molecule has 7 nitrogen and oxygen atoms in total. The van der Waals surface area contributed by atoms with Crippen molar-refractivity contribution in [3.05, 3.63) is 45.5 Å². The molecule has 0 saturated carbocycles. The molecule has 1 aromatic carbocycles. The maximum absolute atomic E-state index is 12.3. The molecule has 0 aliphatic heterocycles. The number of rotatable bonds is 5. The number of fused-ring (bicyclic) bond motifs is 2. The predicted octanol–water partition coefficient (Wildman–Crippen LogP) is 1.30. The Hall–Kier alpha value is -3.09. The van der Waals surface area contributed by atoms with Crippen LogP contribution < -0.4 is 10.7 Å². The minimum absolute atomic E-state index is 0.00781. The Morgan fingerprint density at radius 3 is 2.58 bits per heavy atom. The zero-order valence-corrected chi connectivity index (χ0v) is 14.8. The molecule has 0 aliphatic carbocycles. The number of carbonyl (C=O) groups excluding carboxylic acids is 2. The highest BCUT2D eigenvalue weighted by Crippen LogP contribution is 2.29. The molecule has 0 N–H and O–H groups in total. The molecule has 0 bridgehead atoms. The molecule has 0 fully saturated rings. The van der Waals surface area contributed by atoms with E-state index in [9.17, 15) is 19.5 Å². The summed E-state index contributed by atoms with van der Waals surface area (Å²) in [6.45, 7) is 3.26. The molecule has 26 heavy (non-hydrogen) atoms. The van der Waals surface area contributed by atoms with Gasteiger partial charge in [-0.3, -0.25) is 4.79 Å². The lowest BCUT2D eigenvalue weighted by Crippen LogP contribution is -2.39. The molecule has 0 radical (unpaired) electrons. The van der Waals surface area contributed by atoms with Crippen LogP contribution in [0, 0.1) is 13.8 Å². The van der Waals surface area contributed by atoms with Crippen LogP contribution in [0.1, 0.15) is 23.1 Å². The van der Waals surface area contributed by atoms with Gasteiger partial charge in [0.25, 0.3) is 0 Å². The third-order valence-electron chi connectivity index (χ3n) is 4.56. The van der Waals surface area contributed by atoms with Crippen molar-refractivity contribution in [3.63, 3.8) is 0 Å². The first-order valence-electron chi connectivity index (χ1n) is 8.16. The van der Waals surface area contributed by atoms with Crippen molar-refractivity contribution >= 4 is 33.8 Å². The number of furan rings is 1. The lowest BCUT2D eigenvalue weighted by molar-refractivity contribution is -0.305. The molecule has 0 spiro atoms. The molecule has 3 rings (SSSR count). The van der Waals surface area contributed by atoms with E-state index in [1.807, 2.05) is 19.9 Å². The maximum Gasteiger partial charge on any atom is 0.339 e. The average molecular weight is 356 g/mol. The largest absolute Gasteiger partial charge is 0.548 e. The van der Waals surface area contributed by atoms with Crippen LogP contribution in [0.5, 0.6) is 0 Å². The summed E-state index contributed by atoms with van der Waals surface area (Å²) >= 11 is 0. The second kappa shape index (κ2) is 6.67. The normalized spacial score (nSPS) is 11.2. The van der Waals surface area contributed by atoms with Gasteiger partial charge in [0.05, 0.1) is 18.8 Å². The first kappa shape index (κ1) is 17.7. The molecule has 0 atom stereocenters. The number of carboxylic acid groups (broad SMARTS) is 1. The highest BCUT2D eigenvalue weighted by atomic mass is 16.4. The average Bonchev–Trinajstić information content (AvgIpc) is 2.92. The fourth-order valence-corrected chi connectivity index (χ4v) is 3.03. The maximum atomic E-state index is 12.3. The van der Waals surface area contributed by atoms with Crippen molar-refractivity contribution in [1.29, 1.82) is 0 Å². The van der Waals surface area contributed by atoms with E-state index < -0.39 is 18.1 Å². The van der Waals surface area contributed by atoms with E-state index in [1.54, 1.807) is 12.3 Å². The Bertz CT molecular complexity index is 1070. The highest BCUT2D eigenvalue weighted by Gasteiger charge is 2.16. The summed E-state index contributed by atoms with van der Waals surface area (Å²) < 4.78 is 10.8. The number of benzene rings is 1. The van der Waals surface area contributed by atoms with Gasteiger partial charge in [-0.15, -0.1) is 0 Å². The van der Waals surface area contributed by atoms with Gasteiger partial charge in [-0.05, 0) is 37.5 Å². The summed E-state index contributed by atoms with van der Waals surface area (Å²) in [5, 5.41) is 12.3. The Morgan fingerprint density at radius 2 is 1.88 bits per heavy atom. The van der Waals surface area contributed by atoms with Crippen LogP contribution in [0.3, 0.4) is 0 Å². The van der Waals surface area contributed by atoms with Crippen LogP contribution >= 0.6 is 0 Å². The van der Waals surface area contributed by atoms with Crippen LogP contribution in [0.4, 0.5) is 0 Å². The van der Waals surface area contributed by atoms with Crippen molar-refractivity contribution in [2.45, 2.75) is 26.7 Å². The summed E-state index contributed by atoms with van der Waals surface area (Å²) in [6.07, 6.45) is 1.82. The molecule has 2 heterocycles. The molecule has 1 amide bonds. The van der Waals surface area contributed by atoms with E-state index in [2.05, 4.69) is 0 Å². The smallest absolute Gasteiger partial charge is 0.339 e. The summed E-state index contributed by atoms with van der Waals surface area (Å²) in [5.74, 6) is -1.71. The molecule has 0 unspecified atom stereocenters. The van der Waals surface area contributed by atoms with Gasteiger partial charge < -0.3 is 23.6 Å². The van der Waals surface area contributed by atoms with Gasteiger partial charge in [0, 0.05) is 35.9 Å². The van der Waals surface area contributed by atoms with Crippen LogP contribution in [-0.2, 0) is 16.0 Å². The van der Waals surface area contributed by atoms with Crippen LogP contribution in [0.15, 0.2) is 32.0 Å². The number of aliphatic carboxylic acids is 1. The number of nitrogens with zero attached hydrogens (tertiary/aromatic N) is 1. The van der Waals surface area contributed by atoms with Gasteiger partial charge in [0.1, 0.15) is 11.2 Å². The van der Waals surface area contributed by atoms with Gasteiger partial charge in [-0.25, -0.2) is 4.79 Å². The molecule has 2 aromatic heterocycles. The van der Waals surface area contributed by atoms with Gasteiger partial charge in [-0.2, -0.15) is 0 Å². The molecule has 136 valence electrons. The van der Waals surface area contributed by atoms with E-state index in [0.717, 1.165) is 26.8 Å². The lowest BCUT2D eigenvalue weighted by atomic mass is 10.0. The molecule has 3 aromatic rings. The third kappa shape index (κ3) is 3.20. The number of carbonyl (C=O) groups is 2. The zero-order chi connectivity index (χ0) is 19.0. The Labute approximate surface area is 148 Å². The first-order valence-corrected chi connectivity index (χ1v) is 8.16. The second-order valence-corrected chi connectivity index (χ2v) is 6.38. The minimum Gasteiger partial charge on any atom is -0.548 e. The van der Waals surface area contributed by atoms with Crippen molar-refractivity contribution in [1.82, 2.24) is 4.90 Å². The number of likely N-dealkylation sites (N-methyl/N-ethyl adjacent to an activating group) is 1. The number of amides is 1. The summed E-state index contributed by atoms with van der Waals surface area (Å²) in [7, 11) is 1.38. The van der Waals surface area contributed by atoms with Crippen LogP contribution in [0.2, 0.25) is 0 Å². The van der Waals surface area contributed by atoms with E-state index >= 15 is 0 Å². The fraction of sp³-hybridized carbons (Fsp3) is 0.316. The van der Waals surface area contributed by atoms with Crippen molar-refractivity contribution in [2.75, 3.05) is 13.6 Å². The van der Waals surface area contributed by atoms with E-state index in [1.165, 1.54) is 7.05 Å². The Morgan fingerprint density at radius 1 is 1.15 bits per heavy atom. The minimum atomic E-state index is -1.33. The Balaban J connectivity index is 1.94. The van der Waals surface area contributed by atoms with Gasteiger partial charge in [0.15, 0.2) is 0 Å². The molecule has 0 saturated heterocycles. The topological polar surface area (TPSA) is 104 Å². The van der Waals surface area contributed by atoms with Crippen LogP contribution in [0.25, 0.3) is 21.9 Å². The molecule has 7 heteroatoms.